The summed E-state index contributed by atoms with van der Waals surface area (Å²) in [5, 5.41) is 0. The van der Waals surface area contributed by atoms with E-state index in [-0.39, 0.29) is 0 Å². The summed E-state index contributed by atoms with van der Waals surface area (Å²) in [5.41, 5.74) is 0. The zero-order chi connectivity index (χ0) is 9.99. The number of hydrogen-bond acceptors (Lipinski definition) is 2. The molecular formula is C12H17NO2. The number of epoxide rings is 1. The fraction of sp³-hybridized carbons (Fsp3) is 0.917. The molecule has 0 radical (unpaired) electrons. The summed E-state index contributed by atoms with van der Waals surface area (Å²) in [4.78, 5) is 14.0. The molecule has 3 heteroatoms. The molecule has 0 aromatic heterocycles. The van der Waals surface area contributed by atoms with Crippen molar-refractivity contribution < 1.29 is 9.53 Å². The first-order valence-electron chi connectivity index (χ1n) is 6.28. The summed E-state index contributed by atoms with van der Waals surface area (Å²) in [6.07, 6.45) is 6.69. The van der Waals surface area contributed by atoms with Gasteiger partial charge in [-0.05, 0) is 31.6 Å². The monoisotopic (exact) mass is 207 g/mol. The van der Waals surface area contributed by atoms with Crippen molar-refractivity contribution in [3.8, 4) is 0 Å². The first-order chi connectivity index (χ1) is 7.33. The highest BCUT2D eigenvalue weighted by Gasteiger charge is 2.57. The van der Waals surface area contributed by atoms with E-state index in [2.05, 4.69) is 4.90 Å². The van der Waals surface area contributed by atoms with Crippen molar-refractivity contribution in [2.75, 3.05) is 6.54 Å². The predicted molar refractivity (Wildman–Crippen MR) is 54.2 cm³/mol. The molecule has 5 atom stereocenters. The van der Waals surface area contributed by atoms with Crippen LogP contribution in [-0.4, -0.2) is 35.6 Å². The van der Waals surface area contributed by atoms with Gasteiger partial charge in [0.25, 0.3) is 0 Å². The molecule has 3 nitrogen and oxygen atoms in total. The molecule has 1 aliphatic carbocycles. The fourth-order valence-corrected chi connectivity index (χ4v) is 4.10. The summed E-state index contributed by atoms with van der Waals surface area (Å²) >= 11 is 0. The molecule has 82 valence electrons. The van der Waals surface area contributed by atoms with E-state index in [1.54, 1.807) is 0 Å². The summed E-state index contributed by atoms with van der Waals surface area (Å²) in [7, 11) is 0. The maximum atomic E-state index is 11.9. The lowest BCUT2D eigenvalue weighted by atomic mass is 9.71. The molecule has 2 bridgehead atoms. The Labute approximate surface area is 89.8 Å². The van der Waals surface area contributed by atoms with E-state index in [0.717, 1.165) is 25.3 Å². The Balaban J connectivity index is 1.66. The van der Waals surface area contributed by atoms with Crippen LogP contribution < -0.4 is 0 Å². The quantitative estimate of drug-likeness (QED) is 0.559. The molecule has 0 spiro atoms. The van der Waals surface area contributed by atoms with Crippen molar-refractivity contribution in [3.05, 3.63) is 0 Å². The van der Waals surface area contributed by atoms with Crippen LogP contribution >= 0.6 is 0 Å². The van der Waals surface area contributed by atoms with Crippen LogP contribution in [0.5, 0.6) is 0 Å². The van der Waals surface area contributed by atoms with Crippen LogP contribution in [0.15, 0.2) is 0 Å². The highest BCUT2D eigenvalue weighted by molar-refractivity contribution is 5.77. The van der Waals surface area contributed by atoms with E-state index in [1.165, 1.54) is 19.3 Å². The molecule has 15 heavy (non-hydrogen) atoms. The minimum absolute atomic E-state index is 0.403. The summed E-state index contributed by atoms with van der Waals surface area (Å²) in [5.74, 6) is 1.81. The molecule has 4 fully saturated rings. The van der Waals surface area contributed by atoms with Crippen LogP contribution in [0.4, 0.5) is 0 Å². The van der Waals surface area contributed by atoms with E-state index in [4.69, 9.17) is 4.74 Å². The lowest BCUT2D eigenvalue weighted by molar-refractivity contribution is -0.142. The van der Waals surface area contributed by atoms with Gasteiger partial charge in [0.1, 0.15) is 0 Å². The molecule has 3 aliphatic heterocycles. The average molecular weight is 207 g/mol. The van der Waals surface area contributed by atoms with Gasteiger partial charge in [-0.15, -0.1) is 0 Å². The number of hydrogen-bond donors (Lipinski definition) is 0. The molecule has 1 saturated carbocycles. The smallest absolute Gasteiger partial charge is 0.222 e. The maximum Gasteiger partial charge on any atom is 0.222 e. The summed E-state index contributed by atoms with van der Waals surface area (Å²) < 4.78 is 5.74. The topological polar surface area (TPSA) is 32.8 Å². The summed E-state index contributed by atoms with van der Waals surface area (Å²) in [6.45, 7) is 1.02. The Kier molecular flexibility index (Phi) is 1.58. The van der Waals surface area contributed by atoms with Gasteiger partial charge in [0.2, 0.25) is 5.91 Å². The molecule has 0 unspecified atom stereocenters. The number of rotatable bonds is 0. The zero-order valence-corrected chi connectivity index (χ0v) is 8.89. The highest BCUT2D eigenvalue weighted by Crippen LogP contribution is 2.50. The van der Waals surface area contributed by atoms with E-state index in [1.807, 2.05) is 0 Å². The second-order valence-corrected chi connectivity index (χ2v) is 5.65. The minimum atomic E-state index is 0.403. The second kappa shape index (κ2) is 2.76. The standard InChI is InChI=1S/C12H17NO2/c14-11-3-1-2-9-8-4-7(6-13(9)11)5-10-12(8)15-10/h7-10,12H,1-6H2/t7-,8-,9-,10+,12-/m1/s1. The average Bonchev–Trinajstić information content (AvgIpc) is 2.99. The number of nitrogens with zero attached hydrogens (tertiary/aromatic N) is 1. The maximum absolute atomic E-state index is 11.9. The molecule has 0 aromatic rings. The van der Waals surface area contributed by atoms with Crippen molar-refractivity contribution in [3.63, 3.8) is 0 Å². The van der Waals surface area contributed by atoms with Crippen molar-refractivity contribution in [1.82, 2.24) is 4.90 Å². The fourth-order valence-electron chi connectivity index (χ4n) is 4.10. The number of carbonyl (C=O) groups excluding carboxylic acids is 1. The number of ether oxygens (including phenoxy) is 1. The zero-order valence-electron chi connectivity index (χ0n) is 8.89. The van der Waals surface area contributed by atoms with Crippen LogP contribution in [0.3, 0.4) is 0 Å². The minimum Gasteiger partial charge on any atom is -0.369 e. The van der Waals surface area contributed by atoms with Gasteiger partial charge in [-0.25, -0.2) is 0 Å². The van der Waals surface area contributed by atoms with Crippen LogP contribution in [0, 0.1) is 11.8 Å². The third kappa shape index (κ3) is 1.13. The Hall–Kier alpha value is -0.570. The SMILES string of the molecule is O=C1CCC[C@@H]2[C@H]3C[C@H](C[C@@H]4O[C@H]34)CN12. The number of carbonyl (C=O) groups is 1. The largest absolute Gasteiger partial charge is 0.369 e. The van der Waals surface area contributed by atoms with Crippen molar-refractivity contribution in [1.29, 1.82) is 0 Å². The third-order valence-corrected chi connectivity index (χ3v) is 4.78. The second-order valence-electron chi connectivity index (χ2n) is 5.65. The lowest BCUT2D eigenvalue weighted by Crippen LogP contribution is -2.56. The van der Waals surface area contributed by atoms with Gasteiger partial charge in [-0.1, -0.05) is 0 Å². The van der Waals surface area contributed by atoms with E-state index >= 15 is 0 Å². The Bertz CT molecular complexity index is 317. The van der Waals surface area contributed by atoms with Gasteiger partial charge in [0, 0.05) is 24.9 Å². The predicted octanol–water partition coefficient (Wildman–Crippen LogP) is 1.17. The molecular weight excluding hydrogens is 190 g/mol. The van der Waals surface area contributed by atoms with Crippen molar-refractivity contribution in [2.45, 2.75) is 50.4 Å². The van der Waals surface area contributed by atoms with Crippen LogP contribution in [0.2, 0.25) is 0 Å². The van der Waals surface area contributed by atoms with Gasteiger partial charge >= 0.3 is 0 Å². The van der Waals surface area contributed by atoms with Crippen molar-refractivity contribution >= 4 is 5.91 Å². The van der Waals surface area contributed by atoms with E-state index < -0.39 is 0 Å². The van der Waals surface area contributed by atoms with Gasteiger partial charge < -0.3 is 9.64 Å². The summed E-state index contributed by atoms with van der Waals surface area (Å²) in [6, 6.07) is 0.526. The molecule has 4 rings (SSSR count). The Morgan fingerprint density at radius 2 is 2.27 bits per heavy atom. The molecule has 0 aromatic carbocycles. The first kappa shape index (κ1) is 8.57. The van der Waals surface area contributed by atoms with Gasteiger partial charge in [0.05, 0.1) is 12.2 Å². The Morgan fingerprint density at radius 1 is 1.33 bits per heavy atom. The first-order valence-corrected chi connectivity index (χ1v) is 6.28. The molecule has 3 saturated heterocycles. The number of fused-ring (bicyclic) bond motifs is 6. The van der Waals surface area contributed by atoms with Gasteiger partial charge in [-0.3, -0.25) is 4.79 Å². The molecule has 1 amide bonds. The molecule has 4 aliphatic rings. The lowest BCUT2D eigenvalue weighted by Gasteiger charge is -2.48. The highest BCUT2D eigenvalue weighted by atomic mass is 16.6. The van der Waals surface area contributed by atoms with Crippen LogP contribution in [0.1, 0.15) is 32.1 Å². The molecule has 3 heterocycles. The van der Waals surface area contributed by atoms with Crippen LogP contribution in [-0.2, 0) is 9.53 Å². The Morgan fingerprint density at radius 3 is 3.20 bits per heavy atom. The van der Waals surface area contributed by atoms with E-state index in [0.29, 0.717) is 30.1 Å². The normalized spacial score (nSPS) is 52.1. The third-order valence-electron chi connectivity index (χ3n) is 4.78. The number of piperidine rings is 2. The van der Waals surface area contributed by atoms with E-state index in [9.17, 15) is 4.79 Å². The van der Waals surface area contributed by atoms with Gasteiger partial charge in [0.15, 0.2) is 0 Å². The van der Waals surface area contributed by atoms with Gasteiger partial charge in [-0.2, -0.15) is 0 Å². The number of amides is 1. The van der Waals surface area contributed by atoms with Crippen molar-refractivity contribution in [2.24, 2.45) is 11.8 Å². The molecule has 0 N–H and O–H groups in total. The van der Waals surface area contributed by atoms with Crippen LogP contribution in [0.25, 0.3) is 0 Å².